The normalized spacial score (nSPS) is 16.6. The Labute approximate surface area is 273 Å². The first kappa shape index (κ1) is 35.1. The maximum Gasteiger partial charge on any atom is 0.410 e. The van der Waals surface area contributed by atoms with Gasteiger partial charge in [-0.15, -0.1) is 0 Å². The van der Waals surface area contributed by atoms with Crippen molar-refractivity contribution in [2.24, 2.45) is 5.73 Å². The molecule has 0 saturated carbocycles. The van der Waals surface area contributed by atoms with Crippen molar-refractivity contribution in [3.63, 3.8) is 0 Å². The SMILES string of the molecule is COc1ccccc1COCCCOc1ccc(C2CCN(C(=O)OC(C)(C)C)CC2OCCOc2ccccc2CCN)cc1. The molecule has 4 rings (SSSR count). The lowest BCUT2D eigenvalue weighted by Gasteiger charge is -2.39. The summed E-state index contributed by atoms with van der Waals surface area (Å²) in [6.45, 7) is 9.66. The highest BCUT2D eigenvalue weighted by Gasteiger charge is 2.35. The highest BCUT2D eigenvalue weighted by atomic mass is 16.6. The summed E-state index contributed by atoms with van der Waals surface area (Å²) in [5, 5.41) is 0. The Morgan fingerprint density at radius 2 is 1.59 bits per heavy atom. The van der Waals surface area contributed by atoms with Gasteiger partial charge in [-0.05, 0) is 75.5 Å². The molecule has 3 aromatic carbocycles. The van der Waals surface area contributed by atoms with Gasteiger partial charge in [0.1, 0.15) is 29.5 Å². The summed E-state index contributed by atoms with van der Waals surface area (Å²) in [4.78, 5) is 14.7. The zero-order valence-electron chi connectivity index (χ0n) is 27.7. The topological polar surface area (TPSA) is 102 Å². The average Bonchev–Trinajstić information content (AvgIpc) is 3.05. The van der Waals surface area contributed by atoms with Gasteiger partial charge in [-0.1, -0.05) is 48.5 Å². The molecular formula is C37H50N2O7. The first-order valence-electron chi connectivity index (χ1n) is 16.2. The zero-order valence-corrected chi connectivity index (χ0v) is 27.7. The van der Waals surface area contributed by atoms with Crippen LogP contribution in [-0.4, -0.2) is 75.9 Å². The van der Waals surface area contributed by atoms with Crippen molar-refractivity contribution in [1.82, 2.24) is 4.90 Å². The van der Waals surface area contributed by atoms with Crippen LogP contribution in [-0.2, 0) is 27.2 Å². The number of hydrogen-bond acceptors (Lipinski definition) is 8. The highest BCUT2D eigenvalue weighted by molar-refractivity contribution is 5.68. The lowest BCUT2D eigenvalue weighted by molar-refractivity contribution is -0.0358. The average molecular weight is 635 g/mol. The van der Waals surface area contributed by atoms with Gasteiger partial charge in [0.05, 0.1) is 46.2 Å². The van der Waals surface area contributed by atoms with E-state index in [1.165, 1.54) is 0 Å². The van der Waals surface area contributed by atoms with E-state index in [4.69, 9.17) is 34.2 Å². The number of piperidine rings is 1. The Morgan fingerprint density at radius 3 is 2.30 bits per heavy atom. The maximum atomic E-state index is 12.9. The molecule has 0 spiro atoms. The van der Waals surface area contributed by atoms with Crippen molar-refractivity contribution in [1.29, 1.82) is 0 Å². The number of carbonyl (C=O) groups is 1. The number of nitrogens with zero attached hydrogens (tertiary/aromatic N) is 1. The predicted molar refractivity (Wildman–Crippen MR) is 179 cm³/mol. The summed E-state index contributed by atoms with van der Waals surface area (Å²) < 4.78 is 35.3. The second kappa shape index (κ2) is 17.8. The first-order chi connectivity index (χ1) is 22.3. The number of methoxy groups -OCH3 is 1. The molecule has 0 aromatic heterocycles. The van der Waals surface area contributed by atoms with Gasteiger partial charge in [-0.3, -0.25) is 0 Å². The molecule has 3 aromatic rings. The Kier molecular flexibility index (Phi) is 13.6. The summed E-state index contributed by atoms with van der Waals surface area (Å²) in [7, 11) is 1.67. The van der Waals surface area contributed by atoms with E-state index in [9.17, 15) is 4.79 Å². The van der Waals surface area contributed by atoms with Crippen LogP contribution in [0.1, 0.15) is 56.2 Å². The molecule has 46 heavy (non-hydrogen) atoms. The minimum absolute atomic E-state index is 0.112. The number of rotatable bonds is 16. The van der Waals surface area contributed by atoms with Crippen LogP contribution in [0.2, 0.25) is 0 Å². The second-order valence-electron chi connectivity index (χ2n) is 12.4. The minimum atomic E-state index is -0.563. The molecule has 1 aliphatic heterocycles. The van der Waals surface area contributed by atoms with Crippen LogP contribution in [0, 0.1) is 0 Å². The molecule has 1 aliphatic rings. The minimum Gasteiger partial charge on any atom is -0.496 e. The van der Waals surface area contributed by atoms with Gasteiger partial charge >= 0.3 is 6.09 Å². The number of ether oxygens (including phenoxy) is 6. The molecule has 250 valence electrons. The maximum absolute atomic E-state index is 12.9. The van der Waals surface area contributed by atoms with E-state index in [2.05, 4.69) is 12.1 Å². The quantitative estimate of drug-likeness (QED) is 0.182. The van der Waals surface area contributed by atoms with Gasteiger partial charge in [0, 0.05) is 24.4 Å². The standard InChI is InChI=1S/C37H50N2O7/c1-37(2,3)46-36(40)39-21-19-32(35(26-39)45-25-24-44-34-13-8-5-10-29(34)18-20-38)28-14-16-31(17-15-28)43-23-9-22-42-27-30-11-6-7-12-33(30)41-4/h5-8,10-17,32,35H,9,18-27,38H2,1-4H3. The molecule has 9 heteroatoms. The molecular weight excluding hydrogens is 584 g/mol. The molecule has 9 nitrogen and oxygen atoms in total. The third-order valence-electron chi connectivity index (χ3n) is 7.73. The van der Waals surface area contributed by atoms with E-state index >= 15 is 0 Å². The van der Waals surface area contributed by atoms with Gasteiger partial charge in [-0.25, -0.2) is 4.79 Å². The summed E-state index contributed by atoms with van der Waals surface area (Å²) in [6.07, 6.45) is 1.76. The van der Waals surface area contributed by atoms with Crippen LogP contribution >= 0.6 is 0 Å². The molecule has 1 saturated heterocycles. The Morgan fingerprint density at radius 1 is 0.870 bits per heavy atom. The third-order valence-corrected chi connectivity index (χ3v) is 7.73. The third kappa shape index (κ3) is 10.9. The Bertz CT molecular complexity index is 1340. The van der Waals surface area contributed by atoms with Crippen molar-refractivity contribution < 1.29 is 33.2 Å². The van der Waals surface area contributed by atoms with Crippen LogP contribution in [0.25, 0.3) is 0 Å². The van der Waals surface area contributed by atoms with Crippen molar-refractivity contribution in [3.8, 4) is 17.2 Å². The van der Waals surface area contributed by atoms with Crippen molar-refractivity contribution in [2.45, 2.75) is 64.3 Å². The molecule has 0 bridgehead atoms. The lowest BCUT2D eigenvalue weighted by atomic mass is 9.87. The van der Waals surface area contributed by atoms with Gasteiger partial charge in [0.2, 0.25) is 0 Å². The summed E-state index contributed by atoms with van der Waals surface area (Å²) in [6, 6.07) is 24.0. The van der Waals surface area contributed by atoms with E-state index in [0.29, 0.717) is 52.7 Å². The Balaban J connectivity index is 1.29. The molecule has 0 aliphatic carbocycles. The van der Waals surface area contributed by atoms with E-state index in [0.717, 1.165) is 53.2 Å². The first-order valence-corrected chi connectivity index (χ1v) is 16.2. The van der Waals surface area contributed by atoms with E-state index in [1.54, 1.807) is 12.0 Å². The molecule has 2 atom stereocenters. The molecule has 2 N–H and O–H groups in total. The van der Waals surface area contributed by atoms with Crippen LogP contribution in [0.5, 0.6) is 17.2 Å². The number of amides is 1. The molecule has 1 heterocycles. The van der Waals surface area contributed by atoms with Gasteiger partial charge in [0.25, 0.3) is 0 Å². The fraction of sp³-hybridized carbons (Fsp3) is 0.486. The number of nitrogens with two attached hydrogens (primary N) is 1. The summed E-state index contributed by atoms with van der Waals surface area (Å²) in [5.41, 5.74) is 8.46. The fourth-order valence-electron chi connectivity index (χ4n) is 5.48. The predicted octanol–water partition coefficient (Wildman–Crippen LogP) is 6.37. The largest absolute Gasteiger partial charge is 0.496 e. The van der Waals surface area contributed by atoms with Crippen molar-refractivity contribution in [2.75, 3.05) is 53.2 Å². The Hall–Kier alpha value is -3.79. The van der Waals surface area contributed by atoms with Crippen LogP contribution in [0.3, 0.4) is 0 Å². The molecule has 1 amide bonds. The van der Waals surface area contributed by atoms with Crippen molar-refractivity contribution in [3.05, 3.63) is 89.5 Å². The zero-order chi connectivity index (χ0) is 32.8. The number of carbonyl (C=O) groups excluding carboxylic acids is 1. The van der Waals surface area contributed by atoms with E-state index in [-0.39, 0.29) is 18.1 Å². The van der Waals surface area contributed by atoms with Crippen LogP contribution in [0.15, 0.2) is 72.8 Å². The van der Waals surface area contributed by atoms with E-state index in [1.807, 2.05) is 81.4 Å². The number of benzene rings is 3. The molecule has 2 unspecified atom stereocenters. The van der Waals surface area contributed by atoms with Crippen molar-refractivity contribution >= 4 is 6.09 Å². The number of likely N-dealkylation sites (tertiary alicyclic amines) is 1. The van der Waals surface area contributed by atoms with Gasteiger partial charge in [0.15, 0.2) is 0 Å². The second-order valence-corrected chi connectivity index (χ2v) is 12.4. The van der Waals surface area contributed by atoms with Gasteiger partial charge in [-0.2, -0.15) is 0 Å². The highest BCUT2D eigenvalue weighted by Crippen LogP contribution is 2.32. The number of para-hydroxylation sites is 2. The van der Waals surface area contributed by atoms with Crippen LogP contribution < -0.4 is 19.9 Å². The van der Waals surface area contributed by atoms with Crippen LogP contribution in [0.4, 0.5) is 4.79 Å². The molecule has 0 radical (unpaired) electrons. The van der Waals surface area contributed by atoms with E-state index < -0.39 is 5.60 Å². The fourth-order valence-corrected chi connectivity index (χ4v) is 5.48. The smallest absolute Gasteiger partial charge is 0.410 e. The van der Waals surface area contributed by atoms with Gasteiger partial charge < -0.3 is 39.1 Å². The molecule has 1 fully saturated rings. The number of hydrogen-bond donors (Lipinski definition) is 1. The lowest BCUT2D eigenvalue weighted by Crippen LogP contribution is -2.48. The summed E-state index contributed by atoms with van der Waals surface area (Å²) >= 11 is 0. The summed E-state index contributed by atoms with van der Waals surface area (Å²) in [5.74, 6) is 2.58. The monoisotopic (exact) mass is 634 g/mol.